The van der Waals surface area contributed by atoms with Crippen LogP contribution < -0.4 is 0 Å². The summed E-state index contributed by atoms with van der Waals surface area (Å²) in [5.74, 6) is 0.204. The molecule has 0 amide bonds. The fourth-order valence-corrected chi connectivity index (χ4v) is 1.60. The van der Waals surface area contributed by atoms with Gasteiger partial charge in [0.1, 0.15) is 23.1 Å². The van der Waals surface area contributed by atoms with Crippen molar-refractivity contribution >= 4 is 23.1 Å². The van der Waals surface area contributed by atoms with Gasteiger partial charge in [-0.05, 0) is 26.2 Å². The minimum atomic E-state index is -0.0338. The van der Waals surface area contributed by atoms with Gasteiger partial charge in [-0.25, -0.2) is 0 Å². The molecule has 116 valence electrons. The maximum absolute atomic E-state index is 10.9. The Balaban J connectivity index is 0. The van der Waals surface area contributed by atoms with Crippen LogP contribution in [-0.4, -0.2) is 23.1 Å². The lowest BCUT2D eigenvalue weighted by molar-refractivity contribution is -0.128. The zero-order valence-electron chi connectivity index (χ0n) is 13.3. The van der Waals surface area contributed by atoms with Crippen LogP contribution in [0.2, 0.25) is 0 Å². The molecule has 0 unspecified atom stereocenters. The highest BCUT2D eigenvalue weighted by molar-refractivity contribution is 5.99. The minimum Gasteiger partial charge on any atom is -0.300 e. The van der Waals surface area contributed by atoms with Gasteiger partial charge >= 0.3 is 0 Å². The SMILES string of the molecule is CCCC(=O)CC(=O)CCC.CCCC(=O)CC(C)=O. The highest BCUT2D eigenvalue weighted by Crippen LogP contribution is 1.99. The second-order valence-electron chi connectivity index (χ2n) is 4.92. The second-order valence-corrected chi connectivity index (χ2v) is 4.92. The molecular formula is C16H28O4. The summed E-state index contributed by atoms with van der Waals surface area (Å²) in [4.78, 5) is 42.8. The first-order valence-corrected chi connectivity index (χ1v) is 7.41. The molecular weight excluding hydrogens is 256 g/mol. The Morgan fingerprint density at radius 2 is 0.900 bits per heavy atom. The van der Waals surface area contributed by atoms with E-state index in [1.807, 2.05) is 20.8 Å². The van der Waals surface area contributed by atoms with Crippen LogP contribution in [0.3, 0.4) is 0 Å². The standard InChI is InChI=1S/C9H16O2.C7H12O2/c1-3-5-8(10)7-9(11)6-4-2;1-3-4-7(9)5-6(2)8/h3-7H2,1-2H3;3-5H2,1-2H3. The summed E-state index contributed by atoms with van der Waals surface area (Å²) < 4.78 is 0. The van der Waals surface area contributed by atoms with Crippen molar-refractivity contribution in [3.05, 3.63) is 0 Å². The van der Waals surface area contributed by atoms with Gasteiger partial charge in [-0.15, -0.1) is 0 Å². The van der Waals surface area contributed by atoms with Crippen molar-refractivity contribution < 1.29 is 19.2 Å². The van der Waals surface area contributed by atoms with E-state index in [9.17, 15) is 19.2 Å². The fourth-order valence-electron chi connectivity index (χ4n) is 1.60. The van der Waals surface area contributed by atoms with Crippen LogP contribution in [0.15, 0.2) is 0 Å². The van der Waals surface area contributed by atoms with Gasteiger partial charge in [-0.1, -0.05) is 20.8 Å². The van der Waals surface area contributed by atoms with E-state index in [1.54, 1.807) is 0 Å². The Labute approximate surface area is 122 Å². The quantitative estimate of drug-likeness (QED) is 0.576. The van der Waals surface area contributed by atoms with E-state index < -0.39 is 0 Å². The van der Waals surface area contributed by atoms with E-state index in [0.29, 0.717) is 19.3 Å². The molecule has 0 spiro atoms. The third kappa shape index (κ3) is 16.7. The van der Waals surface area contributed by atoms with Gasteiger partial charge in [0, 0.05) is 19.3 Å². The third-order valence-electron chi connectivity index (χ3n) is 2.43. The molecule has 20 heavy (non-hydrogen) atoms. The average molecular weight is 284 g/mol. The predicted molar refractivity (Wildman–Crippen MR) is 79.7 cm³/mol. The zero-order valence-corrected chi connectivity index (χ0v) is 13.3. The van der Waals surface area contributed by atoms with Crippen LogP contribution >= 0.6 is 0 Å². The first-order valence-electron chi connectivity index (χ1n) is 7.41. The summed E-state index contributed by atoms with van der Waals surface area (Å²) in [5, 5.41) is 0. The van der Waals surface area contributed by atoms with Crippen molar-refractivity contribution in [2.24, 2.45) is 0 Å². The number of hydrogen-bond acceptors (Lipinski definition) is 4. The van der Waals surface area contributed by atoms with Crippen LogP contribution in [0, 0.1) is 0 Å². The summed E-state index contributed by atoms with van der Waals surface area (Å²) >= 11 is 0. The summed E-state index contributed by atoms with van der Waals surface area (Å²) in [7, 11) is 0. The molecule has 0 aromatic rings. The molecule has 4 heteroatoms. The van der Waals surface area contributed by atoms with Crippen molar-refractivity contribution in [3.63, 3.8) is 0 Å². The van der Waals surface area contributed by atoms with Crippen LogP contribution in [0.5, 0.6) is 0 Å². The topological polar surface area (TPSA) is 68.3 Å². The molecule has 0 heterocycles. The predicted octanol–water partition coefficient (Wildman–Crippen LogP) is 3.45. The third-order valence-corrected chi connectivity index (χ3v) is 2.43. The normalized spacial score (nSPS) is 9.40. The fraction of sp³-hybridized carbons (Fsp3) is 0.750. The highest BCUT2D eigenvalue weighted by Gasteiger charge is 2.06. The van der Waals surface area contributed by atoms with Gasteiger partial charge in [0.05, 0.1) is 12.8 Å². The molecule has 0 aliphatic carbocycles. The smallest absolute Gasteiger partial charge is 0.140 e. The van der Waals surface area contributed by atoms with E-state index in [4.69, 9.17) is 0 Å². The van der Waals surface area contributed by atoms with Crippen LogP contribution in [-0.2, 0) is 19.2 Å². The Hall–Kier alpha value is -1.32. The van der Waals surface area contributed by atoms with Gasteiger partial charge in [-0.3, -0.25) is 19.2 Å². The number of rotatable bonds is 10. The minimum absolute atomic E-state index is 0.0338. The van der Waals surface area contributed by atoms with Crippen LogP contribution in [0.1, 0.15) is 79.1 Å². The number of hydrogen-bond donors (Lipinski definition) is 0. The Morgan fingerprint density at radius 3 is 1.15 bits per heavy atom. The lowest BCUT2D eigenvalue weighted by Crippen LogP contribution is -2.06. The molecule has 0 atom stereocenters. The molecule has 0 saturated carbocycles. The molecule has 0 saturated heterocycles. The van der Waals surface area contributed by atoms with E-state index in [1.165, 1.54) is 6.92 Å². The number of carbonyl (C=O) groups excluding carboxylic acids is 4. The van der Waals surface area contributed by atoms with Gasteiger partial charge in [0.15, 0.2) is 0 Å². The van der Waals surface area contributed by atoms with Crippen LogP contribution in [0.4, 0.5) is 0 Å². The van der Waals surface area contributed by atoms with Crippen LogP contribution in [0.25, 0.3) is 0 Å². The van der Waals surface area contributed by atoms with Crippen molar-refractivity contribution in [2.75, 3.05) is 0 Å². The van der Waals surface area contributed by atoms with Gasteiger partial charge < -0.3 is 0 Å². The lowest BCUT2D eigenvalue weighted by atomic mass is 10.1. The molecule has 0 aromatic carbocycles. The monoisotopic (exact) mass is 284 g/mol. The molecule has 0 radical (unpaired) electrons. The molecule has 0 rings (SSSR count). The summed E-state index contributed by atoms with van der Waals surface area (Å²) in [6, 6.07) is 0. The molecule has 0 aromatic heterocycles. The molecule has 0 aliphatic rings. The lowest BCUT2D eigenvalue weighted by Gasteiger charge is -1.96. The van der Waals surface area contributed by atoms with Crippen molar-refractivity contribution in [1.29, 1.82) is 0 Å². The molecule has 0 N–H and O–H groups in total. The molecule has 0 bridgehead atoms. The summed E-state index contributed by atoms with van der Waals surface area (Å²) in [6.45, 7) is 7.26. The van der Waals surface area contributed by atoms with Gasteiger partial charge in [-0.2, -0.15) is 0 Å². The highest BCUT2D eigenvalue weighted by atomic mass is 16.2. The Morgan fingerprint density at radius 1 is 0.600 bits per heavy atom. The first-order chi connectivity index (χ1) is 9.37. The zero-order chi connectivity index (χ0) is 16.0. The van der Waals surface area contributed by atoms with Crippen molar-refractivity contribution in [2.45, 2.75) is 79.1 Å². The number of Topliss-reactive ketones (excluding diaryl/α,β-unsaturated/α-hetero) is 4. The van der Waals surface area contributed by atoms with Crippen molar-refractivity contribution in [3.8, 4) is 0 Å². The Bertz CT molecular complexity index is 302. The summed E-state index contributed by atoms with van der Waals surface area (Å²) in [6.07, 6.45) is 4.45. The van der Waals surface area contributed by atoms with Gasteiger partial charge in [0.25, 0.3) is 0 Å². The molecule has 0 fully saturated rings. The largest absolute Gasteiger partial charge is 0.300 e. The maximum atomic E-state index is 10.9. The van der Waals surface area contributed by atoms with E-state index in [2.05, 4.69) is 0 Å². The van der Waals surface area contributed by atoms with Gasteiger partial charge in [0.2, 0.25) is 0 Å². The van der Waals surface area contributed by atoms with E-state index in [0.717, 1.165) is 19.3 Å². The number of ketones is 4. The first kappa shape index (κ1) is 21.0. The van der Waals surface area contributed by atoms with Crippen molar-refractivity contribution in [1.82, 2.24) is 0 Å². The second kappa shape index (κ2) is 14.1. The van der Waals surface area contributed by atoms with E-state index in [-0.39, 0.29) is 36.0 Å². The summed E-state index contributed by atoms with van der Waals surface area (Å²) in [5.41, 5.74) is 0. The molecule has 0 aliphatic heterocycles. The molecule has 4 nitrogen and oxygen atoms in total. The number of carbonyl (C=O) groups is 4. The Kier molecular flexibility index (Phi) is 14.8. The average Bonchev–Trinajstić information content (AvgIpc) is 2.29. The maximum Gasteiger partial charge on any atom is 0.140 e. The van der Waals surface area contributed by atoms with E-state index >= 15 is 0 Å².